The lowest BCUT2D eigenvalue weighted by Gasteiger charge is -2.13. The van der Waals surface area contributed by atoms with Crippen LogP contribution in [0.3, 0.4) is 0 Å². The predicted octanol–water partition coefficient (Wildman–Crippen LogP) is 3.06. The van der Waals surface area contributed by atoms with Crippen molar-refractivity contribution in [2.75, 3.05) is 0 Å². The molecule has 0 aromatic heterocycles. The third-order valence-corrected chi connectivity index (χ3v) is 4.27. The molecule has 0 aliphatic rings. The van der Waals surface area contributed by atoms with E-state index in [1.807, 2.05) is 6.07 Å². The van der Waals surface area contributed by atoms with Gasteiger partial charge in [-0.05, 0) is 24.6 Å². The van der Waals surface area contributed by atoms with E-state index in [4.69, 9.17) is 4.18 Å². The van der Waals surface area contributed by atoms with Gasteiger partial charge in [0, 0.05) is 12.1 Å². The number of hydrogen-bond acceptors (Lipinski definition) is 5. The van der Waals surface area contributed by atoms with Gasteiger partial charge in [-0.2, -0.15) is 8.42 Å². The van der Waals surface area contributed by atoms with E-state index in [2.05, 4.69) is 0 Å². The van der Waals surface area contributed by atoms with E-state index in [0.717, 1.165) is 29.8 Å². The second kappa shape index (κ2) is 6.02. The van der Waals surface area contributed by atoms with E-state index in [0.29, 0.717) is 0 Å². The summed E-state index contributed by atoms with van der Waals surface area (Å²) < 4.78 is 29.3. The van der Waals surface area contributed by atoms with Gasteiger partial charge in [-0.3, -0.25) is 14.3 Å². The molecule has 21 heavy (non-hydrogen) atoms. The van der Waals surface area contributed by atoms with Crippen LogP contribution in [0, 0.1) is 10.1 Å². The molecule has 0 N–H and O–H groups in total. The molecule has 0 amide bonds. The van der Waals surface area contributed by atoms with Gasteiger partial charge in [0.15, 0.2) is 0 Å². The van der Waals surface area contributed by atoms with Crippen LogP contribution in [0.5, 0.6) is 0 Å². The van der Waals surface area contributed by atoms with Crippen molar-refractivity contribution in [3.8, 4) is 0 Å². The highest BCUT2D eigenvalue weighted by Crippen LogP contribution is 2.24. The van der Waals surface area contributed by atoms with Crippen molar-refractivity contribution in [3.05, 3.63) is 70.3 Å². The van der Waals surface area contributed by atoms with E-state index in [1.54, 1.807) is 31.2 Å². The number of nitro benzene ring substituents is 1. The maximum atomic E-state index is 12.1. The zero-order chi connectivity index (χ0) is 15.5. The molecular formula is C14H13NO5S. The van der Waals surface area contributed by atoms with Gasteiger partial charge in [0.05, 0.1) is 15.9 Å². The summed E-state index contributed by atoms with van der Waals surface area (Å²) in [6.07, 6.45) is -0.647. The van der Waals surface area contributed by atoms with Gasteiger partial charge in [-0.25, -0.2) is 0 Å². The molecule has 0 bridgehead atoms. The molecule has 0 aliphatic carbocycles. The SMILES string of the molecule is CC(OS(=O)(=O)c1ccc([N+](=O)[O-])cc1)c1ccccc1. The smallest absolute Gasteiger partial charge is 0.258 e. The zero-order valence-corrected chi connectivity index (χ0v) is 12.0. The fraction of sp³-hybridized carbons (Fsp3) is 0.143. The normalized spacial score (nSPS) is 12.8. The van der Waals surface area contributed by atoms with Crippen LogP contribution in [-0.2, 0) is 14.3 Å². The first-order chi connectivity index (χ1) is 9.90. The van der Waals surface area contributed by atoms with Gasteiger partial charge < -0.3 is 0 Å². The average Bonchev–Trinajstić information content (AvgIpc) is 2.48. The lowest BCUT2D eigenvalue weighted by molar-refractivity contribution is -0.384. The molecule has 0 saturated carbocycles. The summed E-state index contributed by atoms with van der Waals surface area (Å²) in [5, 5.41) is 10.5. The maximum Gasteiger partial charge on any atom is 0.297 e. The van der Waals surface area contributed by atoms with E-state index in [-0.39, 0.29) is 10.6 Å². The molecule has 1 atom stereocenters. The first-order valence-electron chi connectivity index (χ1n) is 6.13. The molecule has 2 aromatic carbocycles. The highest BCUT2D eigenvalue weighted by Gasteiger charge is 2.21. The van der Waals surface area contributed by atoms with Crippen molar-refractivity contribution in [1.29, 1.82) is 0 Å². The van der Waals surface area contributed by atoms with Gasteiger partial charge in [-0.15, -0.1) is 0 Å². The molecule has 0 aliphatic heterocycles. The van der Waals surface area contributed by atoms with Crippen molar-refractivity contribution in [1.82, 2.24) is 0 Å². The van der Waals surface area contributed by atoms with E-state index in [9.17, 15) is 18.5 Å². The number of hydrogen-bond donors (Lipinski definition) is 0. The van der Waals surface area contributed by atoms with Crippen LogP contribution in [0.4, 0.5) is 5.69 Å². The van der Waals surface area contributed by atoms with E-state index >= 15 is 0 Å². The monoisotopic (exact) mass is 307 g/mol. The summed E-state index contributed by atoms with van der Waals surface area (Å²) in [5.74, 6) is 0. The third-order valence-electron chi connectivity index (χ3n) is 2.88. The highest BCUT2D eigenvalue weighted by molar-refractivity contribution is 7.86. The molecule has 0 spiro atoms. The first-order valence-corrected chi connectivity index (χ1v) is 7.53. The minimum absolute atomic E-state index is 0.115. The number of nitrogens with zero attached hydrogens (tertiary/aromatic N) is 1. The zero-order valence-electron chi connectivity index (χ0n) is 11.2. The number of non-ortho nitro benzene ring substituents is 1. The number of nitro groups is 1. The van der Waals surface area contributed by atoms with Crippen LogP contribution in [0.25, 0.3) is 0 Å². The Hall–Kier alpha value is -2.25. The Bertz CT molecular complexity index is 726. The Balaban J connectivity index is 2.20. The average molecular weight is 307 g/mol. The Labute approximate surface area is 122 Å². The van der Waals surface area contributed by atoms with Crippen molar-refractivity contribution >= 4 is 15.8 Å². The van der Waals surface area contributed by atoms with E-state index in [1.165, 1.54) is 0 Å². The summed E-state index contributed by atoms with van der Waals surface area (Å²) >= 11 is 0. The van der Waals surface area contributed by atoms with Gasteiger partial charge in [0.25, 0.3) is 15.8 Å². The molecule has 0 heterocycles. The largest absolute Gasteiger partial charge is 0.297 e. The Morgan fingerprint density at radius 3 is 2.14 bits per heavy atom. The summed E-state index contributed by atoms with van der Waals surface area (Å²) in [7, 11) is -3.97. The minimum Gasteiger partial charge on any atom is -0.258 e. The second-order valence-corrected chi connectivity index (χ2v) is 5.93. The van der Waals surface area contributed by atoms with Crippen LogP contribution in [-0.4, -0.2) is 13.3 Å². The summed E-state index contributed by atoms with van der Waals surface area (Å²) in [5.41, 5.74) is 0.549. The highest BCUT2D eigenvalue weighted by atomic mass is 32.2. The molecule has 110 valence electrons. The summed E-state index contributed by atoms with van der Waals surface area (Å²) in [6.45, 7) is 1.62. The van der Waals surface area contributed by atoms with Crippen LogP contribution in [0.15, 0.2) is 59.5 Å². The fourth-order valence-electron chi connectivity index (χ4n) is 1.76. The standard InChI is InChI=1S/C14H13NO5S/c1-11(12-5-3-2-4-6-12)20-21(18,19)14-9-7-13(8-10-14)15(16)17/h2-11H,1H3. The lowest BCUT2D eigenvalue weighted by Crippen LogP contribution is -2.10. The lowest BCUT2D eigenvalue weighted by atomic mass is 10.1. The molecule has 7 heteroatoms. The van der Waals surface area contributed by atoms with Gasteiger partial charge in [0.1, 0.15) is 0 Å². The molecule has 1 unspecified atom stereocenters. The number of rotatable bonds is 5. The van der Waals surface area contributed by atoms with Crippen molar-refractivity contribution < 1.29 is 17.5 Å². The molecule has 2 rings (SSSR count). The maximum absolute atomic E-state index is 12.1. The minimum atomic E-state index is -3.97. The Morgan fingerprint density at radius 1 is 1.05 bits per heavy atom. The van der Waals surface area contributed by atoms with Crippen LogP contribution in [0.1, 0.15) is 18.6 Å². The molecule has 6 nitrogen and oxygen atoms in total. The van der Waals surface area contributed by atoms with Gasteiger partial charge >= 0.3 is 0 Å². The van der Waals surface area contributed by atoms with Crippen LogP contribution < -0.4 is 0 Å². The fourth-order valence-corrected chi connectivity index (χ4v) is 2.83. The van der Waals surface area contributed by atoms with Crippen LogP contribution in [0.2, 0.25) is 0 Å². The van der Waals surface area contributed by atoms with Crippen molar-refractivity contribution in [3.63, 3.8) is 0 Å². The summed E-state index contributed by atoms with van der Waals surface area (Å²) in [6, 6.07) is 13.5. The second-order valence-electron chi connectivity index (χ2n) is 4.35. The molecule has 0 radical (unpaired) electrons. The van der Waals surface area contributed by atoms with E-state index < -0.39 is 21.1 Å². The van der Waals surface area contributed by atoms with Crippen molar-refractivity contribution in [2.24, 2.45) is 0 Å². The predicted molar refractivity (Wildman–Crippen MR) is 76.2 cm³/mol. The molecular weight excluding hydrogens is 294 g/mol. The Morgan fingerprint density at radius 2 is 1.62 bits per heavy atom. The molecule has 2 aromatic rings. The van der Waals surface area contributed by atoms with Gasteiger partial charge in [0.2, 0.25) is 0 Å². The Kier molecular flexibility index (Phi) is 4.35. The summed E-state index contributed by atoms with van der Waals surface area (Å²) in [4.78, 5) is 9.84. The topological polar surface area (TPSA) is 86.5 Å². The molecule has 0 saturated heterocycles. The van der Waals surface area contributed by atoms with Crippen LogP contribution >= 0.6 is 0 Å². The van der Waals surface area contributed by atoms with Crippen molar-refractivity contribution in [2.45, 2.75) is 17.9 Å². The third kappa shape index (κ3) is 3.65. The molecule has 0 fully saturated rings. The first kappa shape index (κ1) is 15.1. The van der Waals surface area contributed by atoms with Gasteiger partial charge in [-0.1, -0.05) is 30.3 Å². The quantitative estimate of drug-likeness (QED) is 0.481. The number of benzene rings is 2.